The highest BCUT2D eigenvalue weighted by molar-refractivity contribution is 5.40. The predicted octanol–water partition coefficient (Wildman–Crippen LogP) is 3.24. The minimum Gasteiger partial charge on any atom is -0.496 e. The molecule has 0 amide bonds. The Hall–Kier alpha value is -2.37. The van der Waals surface area contributed by atoms with Gasteiger partial charge in [0.1, 0.15) is 5.75 Å². The van der Waals surface area contributed by atoms with Crippen LogP contribution in [0.5, 0.6) is 5.75 Å². The molecule has 1 aliphatic rings. The molecule has 122 valence electrons. The molecule has 3 rings (SSSR count). The molecule has 2 N–H and O–H groups in total. The number of nitrogens with one attached hydrogen (secondary N) is 2. The quantitative estimate of drug-likeness (QED) is 0.853. The van der Waals surface area contributed by atoms with Gasteiger partial charge in [0, 0.05) is 18.2 Å². The summed E-state index contributed by atoms with van der Waals surface area (Å²) in [7, 11) is 1.67. The van der Waals surface area contributed by atoms with Gasteiger partial charge in [0.2, 0.25) is 5.95 Å². The van der Waals surface area contributed by atoms with Crippen molar-refractivity contribution in [3.8, 4) is 5.75 Å². The molecule has 0 bridgehead atoms. The van der Waals surface area contributed by atoms with Crippen molar-refractivity contribution in [2.45, 2.75) is 44.7 Å². The summed E-state index contributed by atoms with van der Waals surface area (Å²) in [6.07, 6.45) is 8.00. The summed E-state index contributed by atoms with van der Waals surface area (Å²) in [5.41, 5.74) is 1.06. The second kappa shape index (κ2) is 7.76. The van der Waals surface area contributed by atoms with Gasteiger partial charge >= 0.3 is 0 Å². The number of benzene rings is 1. The van der Waals surface area contributed by atoms with E-state index in [9.17, 15) is 0 Å². The summed E-state index contributed by atoms with van der Waals surface area (Å²) < 4.78 is 5.35. The smallest absolute Gasteiger partial charge is 0.244 e. The molecule has 1 aromatic heterocycles. The topological polar surface area (TPSA) is 72.0 Å². The Morgan fingerprint density at radius 3 is 2.83 bits per heavy atom. The number of rotatable bonds is 6. The number of para-hydroxylation sites is 1. The average Bonchev–Trinajstić information content (AvgIpc) is 2.61. The summed E-state index contributed by atoms with van der Waals surface area (Å²) in [5, 5.41) is 14.8. The standard InChI is InChI=1S/C17H23N5O/c1-23-15-10-6-5-7-13(15)11-18-17-21-16(12-19-22-17)20-14-8-3-2-4-9-14/h5-7,10,12,14H,2-4,8-9,11H2,1H3,(H2,18,20,21,22). The van der Waals surface area contributed by atoms with E-state index < -0.39 is 0 Å². The molecule has 0 radical (unpaired) electrons. The molecule has 23 heavy (non-hydrogen) atoms. The van der Waals surface area contributed by atoms with Crippen molar-refractivity contribution in [2.75, 3.05) is 17.7 Å². The van der Waals surface area contributed by atoms with Gasteiger partial charge in [0.25, 0.3) is 0 Å². The molecule has 0 atom stereocenters. The normalized spacial score (nSPS) is 15.2. The first-order chi connectivity index (χ1) is 11.3. The Kier molecular flexibility index (Phi) is 5.24. The van der Waals surface area contributed by atoms with Gasteiger partial charge in [0.05, 0.1) is 13.3 Å². The third-order valence-corrected chi connectivity index (χ3v) is 4.15. The third kappa shape index (κ3) is 4.31. The van der Waals surface area contributed by atoms with Crippen LogP contribution in [0.2, 0.25) is 0 Å². The van der Waals surface area contributed by atoms with Gasteiger partial charge in [-0.15, -0.1) is 5.10 Å². The number of methoxy groups -OCH3 is 1. The lowest BCUT2D eigenvalue weighted by atomic mass is 9.96. The molecule has 1 aliphatic carbocycles. The number of aromatic nitrogens is 3. The number of hydrogen-bond donors (Lipinski definition) is 2. The lowest BCUT2D eigenvalue weighted by Gasteiger charge is -2.23. The molecule has 1 heterocycles. The molecule has 0 spiro atoms. The van der Waals surface area contributed by atoms with E-state index in [2.05, 4.69) is 25.8 Å². The van der Waals surface area contributed by atoms with Gasteiger partial charge in [-0.3, -0.25) is 0 Å². The zero-order valence-electron chi connectivity index (χ0n) is 13.5. The van der Waals surface area contributed by atoms with Gasteiger partial charge in [-0.2, -0.15) is 10.1 Å². The van der Waals surface area contributed by atoms with Crippen molar-refractivity contribution in [1.29, 1.82) is 0 Å². The molecule has 2 aromatic rings. The SMILES string of the molecule is COc1ccccc1CNc1nncc(NC2CCCCC2)n1. The maximum absolute atomic E-state index is 5.35. The molecule has 6 heteroatoms. The largest absolute Gasteiger partial charge is 0.496 e. The first-order valence-corrected chi connectivity index (χ1v) is 8.17. The molecular formula is C17H23N5O. The zero-order chi connectivity index (χ0) is 15.9. The van der Waals surface area contributed by atoms with Crippen LogP contribution in [0.1, 0.15) is 37.7 Å². The summed E-state index contributed by atoms with van der Waals surface area (Å²) in [5.74, 6) is 2.16. The highest BCUT2D eigenvalue weighted by Crippen LogP contribution is 2.21. The maximum Gasteiger partial charge on any atom is 0.244 e. The predicted molar refractivity (Wildman–Crippen MR) is 90.6 cm³/mol. The second-order valence-corrected chi connectivity index (χ2v) is 5.81. The Balaban J connectivity index is 1.61. The van der Waals surface area contributed by atoms with Crippen LogP contribution in [0, 0.1) is 0 Å². The Morgan fingerprint density at radius 1 is 1.17 bits per heavy atom. The lowest BCUT2D eigenvalue weighted by Crippen LogP contribution is -2.23. The number of ether oxygens (including phenoxy) is 1. The fourth-order valence-corrected chi connectivity index (χ4v) is 2.93. The van der Waals surface area contributed by atoms with Crippen molar-refractivity contribution in [1.82, 2.24) is 15.2 Å². The van der Waals surface area contributed by atoms with Gasteiger partial charge in [-0.25, -0.2) is 0 Å². The first-order valence-electron chi connectivity index (χ1n) is 8.17. The molecule has 1 fully saturated rings. The minimum atomic E-state index is 0.502. The first kappa shape index (κ1) is 15.5. The van der Waals surface area contributed by atoms with Crippen LogP contribution >= 0.6 is 0 Å². The van der Waals surface area contributed by atoms with E-state index in [1.54, 1.807) is 13.3 Å². The van der Waals surface area contributed by atoms with E-state index in [4.69, 9.17) is 4.74 Å². The molecule has 1 saturated carbocycles. The fraction of sp³-hybridized carbons (Fsp3) is 0.471. The number of nitrogens with zero attached hydrogens (tertiary/aromatic N) is 3. The van der Waals surface area contributed by atoms with Crippen LogP contribution in [0.3, 0.4) is 0 Å². The van der Waals surface area contributed by atoms with E-state index in [-0.39, 0.29) is 0 Å². The van der Waals surface area contributed by atoms with Gasteiger partial charge < -0.3 is 15.4 Å². The van der Waals surface area contributed by atoms with E-state index in [0.29, 0.717) is 18.5 Å². The number of anilines is 2. The average molecular weight is 313 g/mol. The van der Waals surface area contributed by atoms with Crippen molar-refractivity contribution >= 4 is 11.8 Å². The zero-order valence-corrected chi connectivity index (χ0v) is 13.5. The van der Waals surface area contributed by atoms with Crippen molar-refractivity contribution in [3.05, 3.63) is 36.0 Å². The molecule has 1 aromatic carbocycles. The molecule has 6 nitrogen and oxygen atoms in total. The van der Waals surface area contributed by atoms with Crippen molar-refractivity contribution in [3.63, 3.8) is 0 Å². The summed E-state index contributed by atoms with van der Waals surface area (Å²) in [6, 6.07) is 8.40. The molecule has 0 saturated heterocycles. The van der Waals surface area contributed by atoms with Crippen LogP contribution in [0.15, 0.2) is 30.5 Å². The monoisotopic (exact) mass is 313 g/mol. The highest BCUT2D eigenvalue weighted by atomic mass is 16.5. The van der Waals surface area contributed by atoms with Gasteiger partial charge in [0.15, 0.2) is 5.82 Å². The Morgan fingerprint density at radius 2 is 2.00 bits per heavy atom. The second-order valence-electron chi connectivity index (χ2n) is 5.81. The lowest BCUT2D eigenvalue weighted by molar-refractivity contribution is 0.410. The van der Waals surface area contributed by atoms with Gasteiger partial charge in [-0.1, -0.05) is 37.5 Å². The molecule has 0 aliphatic heterocycles. The summed E-state index contributed by atoms with van der Waals surface area (Å²) >= 11 is 0. The van der Waals surface area contributed by atoms with Crippen LogP contribution in [0.4, 0.5) is 11.8 Å². The van der Waals surface area contributed by atoms with Crippen molar-refractivity contribution < 1.29 is 4.74 Å². The van der Waals surface area contributed by atoms with Gasteiger partial charge in [-0.05, 0) is 18.9 Å². The molecular weight excluding hydrogens is 290 g/mol. The van der Waals surface area contributed by atoms with Crippen LogP contribution in [0.25, 0.3) is 0 Å². The third-order valence-electron chi connectivity index (χ3n) is 4.15. The van der Waals surface area contributed by atoms with E-state index >= 15 is 0 Å². The van der Waals surface area contributed by atoms with E-state index in [1.807, 2.05) is 24.3 Å². The number of hydrogen-bond acceptors (Lipinski definition) is 6. The fourth-order valence-electron chi connectivity index (χ4n) is 2.93. The highest BCUT2D eigenvalue weighted by Gasteiger charge is 2.14. The maximum atomic E-state index is 5.35. The van der Waals surface area contributed by atoms with Crippen LogP contribution < -0.4 is 15.4 Å². The summed E-state index contributed by atoms with van der Waals surface area (Å²) in [4.78, 5) is 4.50. The minimum absolute atomic E-state index is 0.502. The van der Waals surface area contributed by atoms with Crippen LogP contribution in [-0.2, 0) is 6.54 Å². The van der Waals surface area contributed by atoms with Crippen molar-refractivity contribution in [2.24, 2.45) is 0 Å². The Labute approximate surface area is 136 Å². The molecule has 0 unspecified atom stereocenters. The van der Waals surface area contributed by atoms with E-state index in [0.717, 1.165) is 17.1 Å². The summed E-state index contributed by atoms with van der Waals surface area (Å²) in [6.45, 7) is 0.596. The van der Waals surface area contributed by atoms with Crippen LogP contribution in [-0.4, -0.2) is 28.3 Å². The van der Waals surface area contributed by atoms with E-state index in [1.165, 1.54) is 32.1 Å². The Bertz CT molecular complexity index is 628.